The summed E-state index contributed by atoms with van der Waals surface area (Å²) in [5.74, 6) is 0.275. The zero-order valence-corrected chi connectivity index (χ0v) is 8.89. The normalized spacial score (nSPS) is 17.6. The van der Waals surface area contributed by atoms with Gasteiger partial charge in [0.05, 0.1) is 0 Å². The number of rotatable bonds is 2. The van der Waals surface area contributed by atoms with Crippen LogP contribution in [0.2, 0.25) is 0 Å². The fourth-order valence-electron chi connectivity index (χ4n) is 2.37. The molecule has 1 nitrogen and oxygen atoms in total. The maximum Gasteiger partial charge on any atom is 0.120 e. The molecule has 0 bridgehead atoms. The molecule has 78 valence electrons. The summed E-state index contributed by atoms with van der Waals surface area (Å²) in [5.41, 5.74) is 2.54. The molecule has 1 atom stereocenters. The zero-order valence-electron chi connectivity index (χ0n) is 8.89. The van der Waals surface area contributed by atoms with Gasteiger partial charge in [0.25, 0.3) is 0 Å². The first-order valence-electron chi connectivity index (χ1n) is 5.53. The molecule has 0 N–H and O–H groups in total. The number of hydrogen-bond acceptors (Lipinski definition) is 1. The van der Waals surface area contributed by atoms with Gasteiger partial charge in [-0.1, -0.05) is 36.4 Å². The van der Waals surface area contributed by atoms with Gasteiger partial charge in [-0.3, -0.25) is 0 Å². The Morgan fingerprint density at radius 2 is 1.88 bits per heavy atom. The Labute approximate surface area is 94.4 Å². The van der Waals surface area contributed by atoms with Gasteiger partial charge in [-0.25, -0.2) is 0 Å². The van der Waals surface area contributed by atoms with E-state index in [9.17, 15) is 4.79 Å². The molecule has 0 fully saturated rings. The summed E-state index contributed by atoms with van der Waals surface area (Å²) >= 11 is 0. The number of carbonyl (C=O) groups excluding carboxylic acids is 1. The summed E-state index contributed by atoms with van der Waals surface area (Å²) in [6.45, 7) is 0. The number of allylic oxidation sites excluding steroid dienone is 1. The molecular formula is C15H12O. The Kier molecular flexibility index (Phi) is 2.10. The summed E-state index contributed by atoms with van der Waals surface area (Å²) in [7, 11) is 0. The Morgan fingerprint density at radius 3 is 2.62 bits per heavy atom. The molecule has 1 aliphatic carbocycles. The highest BCUT2D eigenvalue weighted by Crippen LogP contribution is 2.34. The van der Waals surface area contributed by atoms with E-state index < -0.39 is 0 Å². The molecule has 3 rings (SSSR count). The first-order valence-corrected chi connectivity index (χ1v) is 5.53. The van der Waals surface area contributed by atoms with Gasteiger partial charge >= 0.3 is 0 Å². The Hall–Kier alpha value is -1.89. The average Bonchev–Trinajstić information content (AvgIpc) is 2.70. The molecule has 0 aromatic heterocycles. The van der Waals surface area contributed by atoms with Gasteiger partial charge in [0, 0.05) is 12.3 Å². The lowest BCUT2D eigenvalue weighted by atomic mass is 9.95. The number of benzene rings is 2. The van der Waals surface area contributed by atoms with Crippen LogP contribution in [0.25, 0.3) is 16.8 Å². The Morgan fingerprint density at radius 1 is 1.12 bits per heavy atom. The molecular weight excluding hydrogens is 196 g/mol. The minimum atomic E-state index is 0.275. The lowest BCUT2D eigenvalue weighted by molar-refractivity contribution is -0.108. The van der Waals surface area contributed by atoms with Crippen molar-refractivity contribution in [3.8, 4) is 0 Å². The summed E-state index contributed by atoms with van der Waals surface area (Å²) in [6.07, 6.45) is 5.83. The van der Waals surface area contributed by atoms with E-state index in [1.807, 2.05) is 6.07 Å². The number of aldehydes is 1. The van der Waals surface area contributed by atoms with E-state index in [4.69, 9.17) is 0 Å². The molecule has 0 saturated carbocycles. The van der Waals surface area contributed by atoms with Crippen LogP contribution in [0.1, 0.15) is 23.5 Å². The largest absolute Gasteiger partial charge is 0.303 e. The van der Waals surface area contributed by atoms with Crippen LogP contribution in [-0.2, 0) is 4.79 Å². The predicted molar refractivity (Wildman–Crippen MR) is 66.4 cm³/mol. The van der Waals surface area contributed by atoms with Crippen molar-refractivity contribution in [3.63, 3.8) is 0 Å². The molecule has 16 heavy (non-hydrogen) atoms. The molecule has 1 heteroatoms. The third kappa shape index (κ3) is 1.36. The topological polar surface area (TPSA) is 17.1 Å². The quantitative estimate of drug-likeness (QED) is 0.690. The Balaban J connectivity index is 2.18. The van der Waals surface area contributed by atoms with Gasteiger partial charge in [-0.2, -0.15) is 0 Å². The summed E-state index contributed by atoms with van der Waals surface area (Å²) < 4.78 is 0. The molecule has 1 unspecified atom stereocenters. The van der Waals surface area contributed by atoms with Crippen LogP contribution in [0.5, 0.6) is 0 Å². The molecule has 0 spiro atoms. The van der Waals surface area contributed by atoms with E-state index >= 15 is 0 Å². The van der Waals surface area contributed by atoms with Crippen LogP contribution in [0, 0.1) is 0 Å². The van der Waals surface area contributed by atoms with Crippen LogP contribution in [0.15, 0.2) is 42.5 Å². The Bertz CT molecular complexity index is 581. The van der Waals surface area contributed by atoms with Crippen molar-refractivity contribution in [2.45, 2.75) is 12.3 Å². The molecule has 0 radical (unpaired) electrons. The molecule has 0 heterocycles. The van der Waals surface area contributed by atoms with Crippen molar-refractivity contribution in [2.24, 2.45) is 0 Å². The first-order chi connectivity index (χ1) is 7.88. The van der Waals surface area contributed by atoms with Gasteiger partial charge in [-0.05, 0) is 34.0 Å². The second-order valence-electron chi connectivity index (χ2n) is 4.20. The second kappa shape index (κ2) is 3.60. The summed E-state index contributed by atoms with van der Waals surface area (Å²) in [4.78, 5) is 10.6. The SMILES string of the molecule is O=CCC1C=Cc2cc3ccccc3cc21. The van der Waals surface area contributed by atoms with Crippen molar-refractivity contribution in [3.05, 3.63) is 53.6 Å². The van der Waals surface area contributed by atoms with E-state index in [0.29, 0.717) is 6.42 Å². The van der Waals surface area contributed by atoms with Crippen molar-refractivity contribution >= 4 is 23.1 Å². The van der Waals surface area contributed by atoms with Gasteiger partial charge in [0.2, 0.25) is 0 Å². The minimum Gasteiger partial charge on any atom is -0.303 e. The molecule has 1 aliphatic rings. The van der Waals surface area contributed by atoms with Gasteiger partial charge in [-0.15, -0.1) is 0 Å². The summed E-state index contributed by atoms with van der Waals surface area (Å²) in [5, 5.41) is 2.51. The van der Waals surface area contributed by atoms with E-state index in [1.165, 1.54) is 21.9 Å². The number of fused-ring (bicyclic) bond motifs is 2. The van der Waals surface area contributed by atoms with Crippen LogP contribution < -0.4 is 0 Å². The molecule has 0 saturated heterocycles. The van der Waals surface area contributed by atoms with Gasteiger partial charge in [0.1, 0.15) is 6.29 Å². The van der Waals surface area contributed by atoms with Crippen molar-refractivity contribution < 1.29 is 4.79 Å². The third-order valence-electron chi connectivity index (χ3n) is 3.21. The first kappa shape index (κ1) is 9.34. The lowest BCUT2D eigenvalue weighted by Gasteiger charge is -2.08. The van der Waals surface area contributed by atoms with Crippen LogP contribution >= 0.6 is 0 Å². The second-order valence-corrected chi connectivity index (χ2v) is 4.20. The van der Waals surface area contributed by atoms with Crippen molar-refractivity contribution in [1.82, 2.24) is 0 Å². The third-order valence-corrected chi connectivity index (χ3v) is 3.21. The predicted octanol–water partition coefficient (Wildman–Crippen LogP) is 3.54. The van der Waals surface area contributed by atoms with Gasteiger partial charge in [0.15, 0.2) is 0 Å². The van der Waals surface area contributed by atoms with E-state index in [0.717, 1.165) is 6.29 Å². The van der Waals surface area contributed by atoms with Crippen LogP contribution in [-0.4, -0.2) is 6.29 Å². The summed E-state index contributed by atoms with van der Waals surface area (Å²) in [6, 6.07) is 12.7. The smallest absolute Gasteiger partial charge is 0.120 e. The number of hydrogen-bond donors (Lipinski definition) is 0. The van der Waals surface area contributed by atoms with E-state index in [-0.39, 0.29) is 5.92 Å². The monoisotopic (exact) mass is 208 g/mol. The fraction of sp³-hybridized carbons (Fsp3) is 0.133. The minimum absolute atomic E-state index is 0.275. The molecule has 2 aromatic carbocycles. The highest BCUT2D eigenvalue weighted by molar-refractivity contribution is 5.87. The van der Waals surface area contributed by atoms with E-state index in [1.54, 1.807) is 0 Å². The van der Waals surface area contributed by atoms with Crippen molar-refractivity contribution in [2.75, 3.05) is 0 Å². The lowest BCUT2D eigenvalue weighted by Crippen LogP contribution is -1.94. The standard InChI is InChI=1S/C15H12O/c16-8-7-11-5-6-14-9-12-3-1-2-4-13(12)10-15(11)14/h1-6,8-11H,7H2. The molecule has 0 amide bonds. The highest BCUT2D eigenvalue weighted by Gasteiger charge is 2.17. The maximum atomic E-state index is 10.6. The zero-order chi connectivity index (χ0) is 11.0. The average molecular weight is 208 g/mol. The van der Waals surface area contributed by atoms with Crippen molar-refractivity contribution in [1.29, 1.82) is 0 Å². The maximum absolute atomic E-state index is 10.6. The number of carbonyl (C=O) groups is 1. The highest BCUT2D eigenvalue weighted by atomic mass is 16.1. The van der Waals surface area contributed by atoms with Gasteiger partial charge < -0.3 is 4.79 Å². The van der Waals surface area contributed by atoms with Crippen LogP contribution in [0.4, 0.5) is 0 Å². The van der Waals surface area contributed by atoms with Crippen LogP contribution in [0.3, 0.4) is 0 Å². The van der Waals surface area contributed by atoms with E-state index in [2.05, 4.69) is 42.5 Å². The fourth-order valence-corrected chi connectivity index (χ4v) is 2.37. The molecule has 0 aliphatic heterocycles. The molecule has 2 aromatic rings.